The second-order valence-electron chi connectivity index (χ2n) is 4.29. The first-order valence-corrected chi connectivity index (χ1v) is 5.18. The Morgan fingerprint density at radius 3 is 2.60 bits per heavy atom. The first kappa shape index (κ1) is 13.6. The molecule has 1 aromatic carbocycles. The fourth-order valence-corrected chi connectivity index (χ4v) is 2.09. The molecule has 1 heterocycles. The Labute approximate surface area is 133 Å². The molecule has 1 aliphatic rings. The smallest absolute Gasteiger partial charge is 0.00451 e. The predicted octanol–water partition coefficient (Wildman–Crippen LogP) is 4.18. The summed E-state index contributed by atoms with van der Waals surface area (Å²) in [4.78, 5) is 0.992. The van der Waals surface area contributed by atoms with Crippen molar-refractivity contribution in [2.45, 2.75) is 31.2 Å². The maximum Gasteiger partial charge on any atom is 0.00451 e. The van der Waals surface area contributed by atoms with E-state index in [1.165, 1.54) is 11.1 Å². The summed E-state index contributed by atoms with van der Waals surface area (Å²) in [6.07, 6.45) is 2.20. The summed E-state index contributed by atoms with van der Waals surface area (Å²) >= 11 is 4.33. The third kappa shape index (κ3) is 3.02. The first-order chi connectivity index (χ1) is 6.48. The molecule has 0 saturated heterocycles. The van der Waals surface area contributed by atoms with Crippen molar-refractivity contribution in [3.63, 3.8) is 0 Å². The topological polar surface area (TPSA) is 14.1 Å². The Hall–Kier alpha value is 0.552. The van der Waals surface area contributed by atoms with Gasteiger partial charge in [-0.1, -0.05) is 43.2 Å². The fraction of sp³-hybridized carbons (Fsp3) is 0.333. The standard InChI is InChI=1S/C12H14NS.Ac/c1-8-7-12(2,3)13-11-5-4-9(14)6-10(8)11;/h4-7,14H,1-3H3;/q-1;. The van der Waals surface area contributed by atoms with Gasteiger partial charge in [-0.3, -0.25) is 0 Å². The van der Waals surface area contributed by atoms with Crippen LogP contribution in [-0.4, -0.2) is 5.54 Å². The molecule has 0 saturated carbocycles. The Balaban J connectivity index is 0.00000112. The minimum Gasteiger partial charge on any atom is -0.676 e. The van der Waals surface area contributed by atoms with Gasteiger partial charge in [0.2, 0.25) is 0 Å². The number of thiol groups is 1. The maximum absolute atomic E-state index is 4.66. The minimum atomic E-state index is -0.0742. The van der Waals surface area contributed by atoms with Crippen molar-refractivity contribution in [3.05, 3.63) is 35.2 Å². The van der Waals surface area contributed by atoms with Crippen LogP contribution in [0.5, 0.6) is 0 Å². The van der Waals surface area contributed by atoms with Gasteiger partial charge in [-0.15, -0.1) is 18.3 Å². The second-order valence-corrected chi connectivity index (χ2v) is 4.81. The van der Waals surface area contributed by atoms with E-state index in [-0.39, 0.29) is 49.6 Å². The molecule has 0 spiro atoms. The zero-order valence-electron chi connectivity index (χ0n) is 9.28. The Kier molecular flexibility index (Phi) is 4.37. The fourth-order valence-electron chi connectivity index (χ4n) is 1.89. The van der Waals surface area contributed by atoms with Crippen LogP contribution in [0.3, 0.4) is 0 Å². The van der Waals surface area contributed by atoms with Crippen LogP contribution in [0.15, 0.2) is 29.2 Å². The van der Waals surface area contributed by atoms with Crippen molar-refractivity contribution < 1.29 is 44.1 Å². The van der Waals surface area contributed by atoms with Gasteiger partial charge in [-0.05, 0) is 18.6 Å². The van der Waals surface area contributed by atoms with Crippen LogP contribution in [0.25, 0.3) is 10.9 Å². The van der Waals surface area contributed by atoms with Crippen molar-refractivity contribution >= 4 is 23.9 Å². The molecule has 0 N–H and O–H groups in total. The zero-order chi connectivity index (χ0) is 10.3. The molecule has 77 valence electrons. The van der Waals surface area contributed by atoms with Crippen molar-refractivity contribution in [2.75, 3.05) is 0 Å². The molecule has 1 aliphatic heterocycles. The number of nitrogens with zero attached hydrogens (tertiary/aromatic N) is 1. The quantitative estimate of drug-likeness (QED) is 0.593. The molecule has 1 aromatic rings. The van der Waals surface area contributed by atoms with Gasteiger partial charge in [-0.25, -0.2) is 0 Å². The van der Waals surface area contributed by atoms with Gasteiger partial charge in [-0.2, -0.15) is 0 Å². The van der Waals surface area contributed by atoms with E-state index in [1.54, 1.807) is 0 Å². The normalized spacial score (nSPS) is 16.9. The van der Waals surface area contributed by atoms with Crippen LogP contribution < -0.4 is 0 Å². The van der Waals surface area contributed by atoms with Crippen LogP contribution in [0, 0.1) is 44.1 Å². The summed E-state index contributed by atoms with van der Waals surface area (Å²) in [5.74, 6) is 0. The number of hydrogen-bond acceptors (Lipinski definition) is 1. The Bertz CT molecular complexity index is 410. The van der Waals surface area contributed by atoms with Crippen molar-refractivity contribution in [3.8, 4) is 0 Å². The summed E-state index contributed by atoms with van der Waals surface area (Å²) in [6.45, 7) is 6.37. The van der Waals surface area contributed by atoms with E-state index in [2.05, 4.69) is 50.9 Å². The Morgan fingerprint density at radius 2 is 1.93 bits per heavy atom. The van der Waals surface area contributed by atoms with Crippen LogP contribution in [-0.2, 0) is 0 Å². The van der Waals surface area contributed by atoms with E-state index < -0.39 is 0 Å². The largest absolute Gasteiger partial charge is 0.676 e. The molecule has 1 radical (unpaired) electrons. The molecule has 0 atom stereocenters. The van der Waals surface area contributed by atoms with E-state index in [0.717, 1.165) is 10.6 Å². The molecule has 0 unspecified atom stereocenters. The van der Waals surface area contributed by atoms with Crippen LogP contribution in [0.2, 0.25) is 0 Å². The average Bonchev–Trinajstić information content (AvgIpc) is 2.05. The maximum atomic E-state index is 4.66. The summed E-state index contributed by atoms with van der Waals surface area (Å²) < 4.78 is 0. The van der Waals surface area contributed by atoms with Gasteiger partial charge in [0.25, 0.3) is 0 Å². The SMILES string of the molecule is CC1=CC(C)(C)[N-]c2ccc(S)cc21.[Ac]. The summed E-state index contributed by atoms with van der Waals surface area (Å²) in [7, 11) is 0. The van der Waals surface area contributed by atoms with Gasteiger partial charge in [0.15, 0.2) is 0 Å². The Morgan fingerprint density at radius 1 is 1.27 bits per heavy atom. The van der Waals surface area contributed by atoms with Gasteiger partial charge in [0.1, 0.15) is 0 Å². The molecule has 0 bridgehead atoms. The van der Waals surface area contributed by atoms with Gasteiger partial charge >= 0.3 is 0 Å². The molecular formula is C12H14AcNS-. The number of allylic oxidation sites excluding steroid dienone is 1. The number of benzene rings is 1. The zero-order valence-corrected chi connectivity index (χ0v) is 14.9. The molecule has 1 nitrogen and oxygen atoms in total. The summed E-state index contributed by atoms with van der Waals surface area (Å²) in [6, 6.07) is 6.10. The van der Waals surface area contributed by atoms with Gasteiger partial charge < -0.3 is 5.32 Å². The number of hydrogen-bond donors (Lipinski definition) is 1. The molecule has 2 rings (SSSR count). The molecule has 0 fully saturated rings. The molecule has 15 heavy (non-hydrogen) atoms. The molecule has 0 amide bonds. The van der Waals surface area contributed by atoms with E-state index in [9.17, 15) is 0 Å². The van der Waals surface area contributed by atoms with Crippen LogP contribution >= 0.6 is 12.6 Å². The predicted molar refractivity (Wildman–Crippen MR) is 64.4 cm³/mol. The number of fused-ring (bicyclic) bond motifs is 1. The molecule has 3 heteroatoms. The van der Waals surface area contributed by atoms with Gasteiger partial charge in [0.05, 0.1) is 0 Å². The molecule has 0 aromatic heterocycles. The van der Waals surface area contributed by atoms with Crippen molar-refractivity contribution in [1.29, 1.82) is 0 Å². The van der Waals surface area contributed by atoms with Gasteiger partial charge in [0, 0.05) is 49.0 Å². The molecule has 0 aliphatic carbocycles. The van der Waals surface area contributed by atoms with Crippen molar-refractivity contribution in [1.82, 2.24) is 0 Å². The van der Waals surface area contributed by atoms with Crippen molar-refractivity contribution in [2.24, 2.45) is 0 Å². The summed E-state index contributed by atoms with van der Waals surface area (Å²) in [5, 5.41) is 4.66. The third-order valence-corrected chi connectivity index (χ3v) is 2.66. The van der Waals surface area contributed by atoms with E-state index in [1.807, 2.05) is 12.1 Å². The van der Waals surface area contributed by atoms with E-state index in [4.69, 9.17) is 0 Å². The monoisotopic (exact) mass is 431 g/mol. The van der Waals surface area contributed by atoms with E-state index in [0.29, 0.717) is 0 Å². The van der Waals surface area contributed by atoms with E-state index >= 15 is 0 Å². The van der Waals surface area contributed by atoms with Crippen LogP contribution in [0.1, 0.15) is 26.3 Å². The molecular weight excluding hydrogens is 417 g/mol. The second kappa shape index (κ2) is 4.82. The van der Waals surface area contributed by atoms with Crippen LogP contribution in [0.4, 0.5) is 5.69 Å². The number of rotatable bonds is 0. The summed E-state index contributed by atoms with van der Waals surface area (Å²) in [5.41, 5.74) is 3.50. The first-order valence-electron chi connectivity index (χ1n) is 4.74. The third-order valence-electron chi connectivity index (χ3n) is 2.38. The average molecular weight is 431 g/mol. The minimum absolute atomic E-state index is 0.